The average Bonchev–Trinajstić information content (AvgIpc) is 2.58. The van der Waals surface area contributed by atoms with Crippen LogP contribution in [0, 0.1) is 5.41 Å². The van der Waals surface area contributed by atoms with E-state index in [0.717, 1.165) is 39.2 Å². The Morgan fingerprint density at radius 2 is 1.79 bits per heavy atom. The van der Waals surface area contributed by atoms with Gasteiger partial charge in [0, 0.05) is 32.7 Å². The second-order valence-corrected chi connectivity index (χ2v) is 7.07. The zero-order valence-corrected chi connectivity index (χ0v) is 14.6. The molecule has 0 N–H and O–H groups in total. The van der Waals surface area contributed by atoms with Crippen LogP contribution in [-0.4, -0.2) is 68.3 Å². The highest BCUT2D eigenvalue weighted by Crippen LogP contribution is 2.29. The van der Waals surface area contributed by atoms with Crippen molar-refractivity contribution < 1.29 is 14.3 Å². The van der Waals surface area contributed by atoms with Crippen LogP contribution in [0.1, 0.15) is 18.9 Å². The molecule has 3 rings (SSSR count). The molecule has 132 valence electrons. The number of ether oxygens (including phenoxy) is 2. The minimum Gasteiger partial charge on any atom is -0.379 e. The summed E-state index contributed by atoms with van der Waals surface area (Å²) in [5.41, 5.74) is 0.995. The number of carbonyl (C=O) groups excluding carboxylic acids is 1. The van der Waals surface area contributed by atoms with Gasteiger partial charge in [-0.1, -0.05) is 30.3 Å². The molecule has 2 fully saturated rings. The van der Waals surface area contributed by atoms with Crippen LogP contribution in [0.15, 0.2) is 30.3 Å². The number of nitrogens with zero attached hydrogens (tertiary/aromatic N) is 2. The highest BCUT2D eigenvalue weighted by molar-refractivity contribution is 5.83. The minimum atomic E-state index is -0.326. The Morgan fingerprint density at radius 1 is 1.04 bits per heavy atom. The largest absolute Gasteiger partial charge is 0.379 e. The van der Waals surface area contributed by atoms with Crippen molar-refractivity contribution in [1.29, 1.82) is 0 Å². The molecule has 2 heterocycles. The van der Waals surface area contributed by atoms with Gasteiger partial charge in [0.05, 0.1) is 31.8 Å². The summed E-state index contributed by atoms with van der Waals surface area (Å²) < 4.78 is 11.0. The Hall–Kier alpha value is -1.43. The van der Waals surface area contributed by atoms with Crippen molar-refractivity contribution in [2.75, 3.05) is 52.6 Å². The molecule has 2 aliphatic heterocycles. The fraction of sp³-hybridized carbons (Fsp3) is 0.632. The van der Waals surface area contributed by atoms with Crippen LogP contribution in [0.4, 0.5) is 0 Å². The summed E-state index contributed by atoms with van der Waals surface area (Å²) in [6.45, 7) is 8.76. The Kier molecular flexibility index (Phi) is 5.87. The highest BCUT2D eigenvalue weighted by atomic mass is 16.5. The van der Waals surface area contributed by atoms with E-state index in [1.54, 1.807) is 0 Å². The number of hydrogen-bond donors (Lipinski definition) is 0. The van der Waals surface area contributed by atoms with Gasteiger partial charge in [0.2, 0.25) is 5.91 Å². The second-order valence-electron chi connectivity index (χ2n) is 7.07. The zero-order chi connectivity index (χ0) is 16.8. The van der Waals surface area contributed by atoms with Gasteiger partial charge >= 0.3 is 0 Å². The van der Waals surface area contributed by atoms with E-state index in [0.29, 0.717) is 26.4 Å². The van der Waals surface area contributed by atoms with Crippen molar-refractivity contribution in [3.05, 3.63) is 35.9 Å². The van der Waals surface area contributed by atoms with Crippen molar-refractivity contribution in [1.82, 2.24) is 9.80 Å². The van der Waals surface area contributed by atoms with Crippen molar-refractivity contribution in [3.8, 4) is 0 Å². The third kappa shape index (κ3) is 4.35. The molecule has 0 unspecified atom stereocenters. The van der Waals surface area contributed by atoms with Crippen LogP contribution in [0.5, 0.6) is 0 Å². The van der Waals surface area contributed by atoms with Crippen LogP contribution in [0.25, 0.3) is 0 Å². The summed E-state index contributed by atoms with van der Waals surface area (Å²) in [7, 11) is 0. The molecule has 1 amide bonds. The van der Waals surface area contributed by atoms with Gasteiger partial charge < -0.3 is 14.4 Å². The van der Waals surface area contributed by atoms with Crippen molar-refractivity contribution in [2.24, 2.45) is 5.41 Å². The molecule has 0 saturated carbocycles. The molecule has 0 aromatic heterocycles. The Labute approximate surface area is 144 Å². The van der Waals surface area contributed by atoms with E-state index in [1.807, 2.05) is 17.9 Å². The van der Waals surface area contributed by atoms with Crippen LogP contribution in [0.3, 0.4) is 0 Å². The molecule has 0 bridgehead atoms. The summed E-state index contributed by atoms with van der Waals surface area (Å²) in [5.74, 6) is 0.215. The van der Waals surface area contributed by atoms with Gasteiger partial charge in [-0.3, -0.25) is 9.69 Å². The molecular formula is C19H28N2O3. The lowest BCUT2D eigenvalue weighted by molar-refractivity contribution is -0.169. The lowest BCUT2D eigenvalue weighted by atomic mass is 9.87. The molecule has 0 radical (unpaired) electrons. The molecule has 5 nitrogen and oxygen atoms in total. The van der Waals surface area contributed by atoms with Crippen molar-refractivity contribution in [3.63, 3.8) is 0 Å². The molecular weight excluding hydrogens is 304 g/mol. The monoisotopic (exact) mass is 332 g/mol. The smallest absolute Gasteiger partial charge is 0.233 e. The van der Waals surface area contributed by atoms with Gasteiger partial charge in [-0.25, -0.2) is 0 Å². The molecule has 2 saturated heterocycles. The highest BCUT2D eigenvalue weighted by Gasteiger charge is 2.43. The first kappa shape index (κ1) is 17.4. The van der Waals surface area contributed by atoms with E-state index in [-0.39, 0.29) is 11.3 Å². The fourth-order valence-corrected chi connectivity index (χ4v) is 3.30. The number of amides is 1. The average molecular weight is 332 g/mol. The molecule has 0 aliphatic carbocycles. The molecule has 5 heteroatoms. The predicted molar refractivity (Wildman–Crippen MR) is 92.7 cm³/mol. The summed E-state index contributed by atoms with van der Waals surface area (Å²) >= 11 is 0. The quantitative estimate of drug-likeness (QED) is 0.846. The molecule has 2 aliphatic rings. The first-order chi connectivity index (χ1) is 11.7. The normalized spacial score (nSPS) is 22.6. The van der Waals surface area contributed by atoms with Crippen LogP contribution < -0.4 is 0 Å². The standard InChI is InChI=1S/C19H28N2O3/c1-19(15-24-16-19)18(22)21-9-5-8-20(10-12-23-13-11-21)14-17-6-3-2-4-7-17/h2-4,6-7H,5,8-16H2,1H3. The topological polar surface area (TPSA) is 42.0 Å². The van der Waals surface area contributed by atoms with Crippen LogP contribution in [0.2, 0.25) is 0 Å². The van der Waals surface area contributed by atoms with E-state index >= 15 is 0 Å². The number of benzene rings is 1. The van der Waals surface area contributed by atoms with Gasteiger partial charge in [0.25, 0.3) is 0 Å². The summed E-state index contributed by atoms with van der Waals surface area (Å²) in [5, 5.41) is 0. The van der Waals surface area contributed by atoms with Gasteiger partial charge in [0.15, 0.2) is 0 Å². The maximum atomic E-state index is 12.7. The minimum absolute atomic E-state index is 0.215. The number of rotatable bonds is 3. The van der Waals surface area contributed by atoms with E-state index < -0.39 is 0 Å². The van der Waals surface area contributed by atoms with Gasteiger partial charge in [-0.15, -0.1) is 0 Å². The van der Waals surface area contributed by atoms with Crippen molar-refractivity contribution >= 4 is 5.91 Å². The molecule has 1 aromatic rings. The predicted octanol–water partition coefficient (Wildman–Crippen LogP) is 1.77. The third-order valence-electron chi connectivity index (χ3n) is 4.85. The lowest BCUT2D eigenvalue weighted by Crippen LogP contribution is -2.54. The zero-order valence-electron chi connectivity index (χ0n) is 14.6. The first-order valence-corrected chi connectivity index (χ1v) is 8.88. The van der Waals surface area contributed by atoms with E-state index in [9.17, 15) is 4.79 Å². The molecule has 0 atom stereocenters. The summed E-state index contributed by atoms with van der Waals surface area (Å²) in [6, 6.07) is 10.5. The fourth-order valence-electron chi connectivity index (χ4n) is 3.30. The summed E-state index contributed by atoms with van der Waals surface area (Å²) in [4.78, 5) is 17.1. The Morgan fingerprint density at radius 3 is 2.50 bits per heavy atom. The molecule has 0 spiro atoms. The van der Waals surface area contributed by atoms with E-state index in [4.69, 9.17) is 9.47 Å². The van der Waals surface area contributed by atoms with E-state index in [2.05, 4.69) is 29.2 Å². The first-order valence-electron chi connectivity index (χ1n) is 8.88. The van der Waals surface area contributed by atoms with Gasteiger partial charge in [0.1, 0.15) is 0 Å². The SMILES string of the molecule is CC1(C(=O)N2CCCN(Cc3ccccc3)CCOCC2)COC1. The maximum absolute atomic E-state index is 12.7. The number of carbonyl (C=O) groups is 1. The third-order valence-corrected chi connectivity index (χ3v) is 4.85. The van der Waals surface area contributed by atoms with Crippen LogP contribution in [-0.2, 0) is 20.8 Å². The van der Waals surface area contributed by atoms with Crippen molar-refractivity contribution in [2.45, 2.75) is 19.9 Å². The lowest BCUT2D eigenvalue weighted by Gasteiger charge is -2.40. The van der Waals surface area contributed by atoms with Gasteiger partial charge in [-0.05, 0) is 18.9 Å². The molecule has 1 aromatic carbocycles. The Bertz CT molecular complexity index is 531. The number of hydrogen-bond acceptors (Lipinski definition) is 4. The van der Waals surface area contributed by atoms with Gasteiger partial charge in [-0.2, -0.15) is 0 Å². The van der Waals surface area contributed by atoms with Crippen LogP contribution >= 0.6 is 0 Å². The Balaban J connectivity index is 1.55. The summed E-state index contributed by atoms with van der Waals surface area (Å²) in [6.07, 6.45) is 0.996. The van der Waals surface area contributed by atoms with E-state index in [1.165, 1.54) is 5.56 Å². The second kappa shape index (κ2) is 8.10. The molecule has 24 heavy (non-hydrogen) atoms. The maximum Gasteiger partial charge on any atom is 0.233 e.